The SMILES string of the molecule is O=[N+]([O-])c1ccc(Cl)cc1NS(=O)(=O)CCOc1ccc(F)cc1. The lowest BCUT2D eigenvalue weighted by atomic mass is 10.3. The van der Waals surface area contributed by atoms with E-state index in [-0.39, 0.29) is 17.3 Å². The minimum atomic E-state index is -3.90. The van der Waals surface area contributed by atoms with Crippen LogP contribution in [0.15, 0.2) is 42.5 Å². The molecule has 0 bridgehead atoms. The molecule has 0 aliphatic heterocycles. The van der Waals surface area contributed by atoms with Crippen molar-refractivity contribution in [3.05, 3.63) is 63.4 Å². The summed E-state index contributed by atoms with van der Waals surface area (Å²) in [6.07, 6.45) is 0. The first-order valence-corrected chi connectivity index (χ1v) is 8.63. The number of nitrogens with zero attached hydrogens (tertiary/aromatic N) is 1. The molecule has 0 radical (unpaired) electrons. The minimum absolute atomic E-state index is 0.154. The first kappa shape index (κ1) is 18.0. The number of ether oxygens (including phenoxy) is 1. The summed E-state index contributed by atoms with van der Waals surface area (Å²) in [5.74, 6) is -0.584. The van der Waals surface area contributed by atoms with Gasteiger partial charge in [0.25, 0.3) is 5.69 Å². The molecule has 2 rings (SSSR count). The molecular weight excluding hydrogens is 363 g/mol. The van der Waals surface area contributed by atoms with Gasteiger partial charge in [-0.1, -0.05) is 11.6 Å². The summed E-state index contributed by atoms with van der Waals surface area (Å²) in [5, 5.41) is 11.1. The number of hydrogen-bond donors (Lipinski definition) is 1. The predicted molar refractivity (Wildman–Crippen MR) is 87.4 cm³/mol. The number of nitro benzene ring substituents is 1. The van der Waals surface area contributed by atoms with Gasteiger partial charge in [0.15, 0.2) is 0 Å². The Labute approximate surface area is 142 Å². The van der Waals surface area contributed by atoms with Crippen LogP contribution in [-0.4, -0.2) is 25.7 Å². The Hall–Kier alpha value is -2.39. The summed E-state index contributed by atoms with van der Waals surface area (Å²) in [5.41, 5.74) is -0.642. The molecule has 0 heterocycles. The van der Waals surface area contributed by atoms with Crippen LogP contribution in [0, 0.1) is 15.9 Å². The van der Waals surface area contributed by atoms with Crippen LogP contribution in [0.5, 0.6) is 5.75 Å². The lowest BCUT2D eigenvalue weighted by Gasteiger charge is -2.10. The Morgan fingerprint density at radius 3 is 2.50 bits per heavy atom. The zero-order chi connectivity index (χ0) is 17.7. The van der Waals surface area contributed by atoms with Gasteiger partial charge in [0.05, 0.1) is 4.92 Å². The summed E-state index contributed by atoms with van der Waals surface area (Å²) in [7, 11) is -3.90. The molecule has 0 aromatic heterocycles. The van der Waals surface area contributed by atoms with Gasteiger partial charge in [-0.05, 0) is 36.4 Å². The fourth-order valence-electron chi connectivity index (χ4n) is 1.77. The number of hydrogen-bond acceptors (Lipinski definition) is 5. The number of nitro groups is 1. The van der Waals surface area contributed by atoms with Crippen molar-refractivity contribution in [2.75, 3.05) is 17.1 Å². The highest BCUT2D eigenvalue weighted by molar-refractivity contribution is 7.92. The lowest BCUT2D eigenvalue weighted by Crippen LogP contribution is -2.21. The van der Waals surface area contributed by atoms with Gasteiger partial charge in [0.2, 0.25) is 10.0 Å². The third kappa shape index (κ3) is 5.07. The maximum absolute atomic E-state index is 12.7. The summed E-state index contributed by atoms with van der Waals surface area (Å²) in [6.45, 7) is -0.213. The van der Waals surface area contributed by atoms with Gasteiger partial charge in [-0.25, -0.2) is 12.8 Å². The van der Waals surface area contributed by atoms with E-state index in [1.807, 2.05) is 0 Å². The van der Waals surface area contributed by atoms with E-state index in [0.717, 1.165) is 12.1 Å². The fourth-order valence-corrected chi connectivity index (χ4v) is 2.84. The molecule has 24 heavy (non-hydrogen) atoms. The van der Waals surface area contributed by atoms with Crippen molar-refractivity contribution in [3.8, 4) is 5.75 Å². The summed E-state index contributed by atoms with van der Waals surface area (Å²) >= 11 is 5.73. The maximum Gasteiger partial charge on any atom is 0.293 e. The van der Waals surface area contributed by atoms with Gasteiger partial charge in [0, 0.05) is 11.1 Å². The molecule has 0 atom stereocenters. The summed E-state index contributed by atoms with van der Waals surface area (Å²) in [4.78, 5) is 10.2. The van der Waals surface area contributed by atoms with Crippen LogP contribution in [0.3, 0.4) is 0 Å². The van der Waals surface area contributed by atoms with E-state index >= 15 is 0 Å². The van der Waals surface area contributed by atoms with Crippen LogP contribution in [0.1, 0.15) is 0 Å². The van der Waals surface area contributed by atoms with Gasteiger partial charge in [-0.15, -0.1) is 0 Å². The number of benzene rings is 2. The summed E-state index contributed by atoms with van der Waals surface area (Å²) in [6, 6.07) is 8.62. The van der Waals surface area contributed by atoms with Gasteiger partial charge in [-0.3, -0.25) is 14.8 Å². The van der Waals surface area contributed by atoms with Gasteiger partial charge >= 0.3 is 0 Å². The second kappa shape index (κ2) is 7.45. The molecule has 0 unspecified atom stereocenters. The predicted octanol–water partition coefficient (Wildman–Crippen LogP) is 3.21. The lowest BCUT2D eigenvalue weighted by molar-refractivity contribution is -0.383. The van der Waals surface area contributed by atoms with Crippen LogP contribution in [0.25, 0.3) is 0 Å². The average Bonchev–Trinajstić information content (AvgIpc) is 2.48. The smallest absolute Gasteiger partial charge is 0.293 e. The van der Waals surface area contributed by atoms with Crippen LogP contribution in [-0.2, 0) is 10.0 Å². The molecule has 10 heteroatoms. The second-order valence-corrected chi connectivity index (χ2v) is 6.92. The zero-order valence-electron chi connectivity index (χ0n) is 12.1. The first-order chi connectivity index (χ1) is 11.3. The fraction of sp³-hybridized carbons (Fsp3) is 0.143. The molecule has 0 amide bonds. The number of rotatable bonds is 7. The van der Waals surface area contributed by atoms with Crippen LogP contribution in [0.2, 0.25) is 5.02 Å². The largest absolute Gasteiger partial charge is 0.492 e. The molecule has 7 nitrogen and oxygen atoms in total. The molecule has 0 aliphatic carbocycles. The van der Waals surface area contributed by atoms with Crippen molar-refractivity contribution in [2.45, 2.75) is 0 Å². The van der Waals surface area contributed by atoms with E-state index in [1.54, 1.807) is 0 Å². The Balaban J connectivity index is 2.02. The van der Waals surface area contributed by atoms with E-state index in [0.29, 0.717) is 5.75 Å². The standard InChI is InChI=1S/C14H12ClFN2O5S/c15-10-1-6-14(18(19)20)13(9-10)17-24(21,22)8-7-23-12-4-2-11(16)3-5-12/h1-6,9,17H,7-8H2. The van der Waals surface area contributed by atoms with Crippen molar-refractivity contribution >= 4 is 33.0 Å². The van der Waals surface area contributed by atoms with Crippen LogP contribution < -0.4 is 9.46 Å². The Kier molecular flexibility index (Phi) is 5.58. The van der Waals surface area contributed by atoms with Crippen molar-refractivity contribution in [2.24, 2.45) is 0 Å². The molecular formula is C14H12ClFN2O5S. The highest BCUT2D eigenvalue weighted by Crippen LogP contribution is 2.28. The zero-order valence-corrected chi connectivity index (χ0v) is 13.7. The van der Waals surface area contributed by atoms with E-state index in [1.165, 1.54) is 30.3 Å². The normalized spacial score (nSPS) is 11.1. The van der Waals surface area contributed by atoms with Gasteiger partial charge in [0.1, 0.15) is 29.6 Å². The number of sulfonamides is 1. The molecule has 0 fully saturated rings. The van der Waals surface area contributed by atoms with Crippen molar-refractivity contribution in [1.82, 2.24) is 0 Å². The number of halogens is 2. The average molecular weight is 375 g/mol. The molecule has 0 spiro atoms. The first-order valence-electron chi connectivity index (χ1n) is 6.60. The van der Waals surface area contributed by atoms with Crippen molar-refractivity contribution in [3.63, 3.8) is 0 Å². The van der Waals surface area contributed by atoms with Crippen LogP contribution >= 0.6 is 11.6 Å². The highest BCUT2D eigenvalue weighted by atomic mass is 35.5. The highest BCUT2D eigenvalue weighted by Gasteiger charge is 2.19. The van der Waals surface area contributed by atoms with E-state index in [9.17, 15) is 22.9 Å². The molecule has 0 aliphatic rings. The molecule has 1 N–H and O–H groups in total. The van der Waals surface area contributed by atoms with E-state index in [4.69, 9.17) is 16.3 Å². The Bertz CT molecular complexity index is 843. The number of anilines is 1. The molecule has 2 aromatic carbocycles. The third-order valence-corrected chi connectivity index (χ3v) is 4.33. The number of nitrogens with one attached hydrogen (secondary N) is 1. The quantitative estimate of drug-likeness (QED) is 0.592. The monoisotopic (exact) mass is 374 g/mol. The molecule has 2 aromatic rings. The second-order valence-electron chi connectivity index (χ2n) is 4.64. The molecule has 0 saturated heterocycles. The van der Waals surface area contributed by atoms with E-state index < -0.39 is 32.2 Å². The van der Waals surface area contributed by atoms with Gasteiger partial charge < -0.3 is 4.74 Å². The third-order valence-electron chi connectivity index (χ3n) is 2.86. The molecule has 0 saturated carbocycles. The van der Waals surface area contributed by atoms with Crippen LogP contribution in [0.4, 0.5) is 15.8 Å². The van der Waals surface area contributed by atoms with E-state index in [2.05, 4.69) is 4.72 Å². The van der Waals surface area contributed by atoms with Gasteiger partial charge in [-0.2, -0.15) is 0 Å². The van der Waals surface area contributed by atoms with Crippen molar-refractivity contribution < 1.29 is 22.5 Å². The van der Waals surface area contributed by atoms with Crippen molar-refractivity contribution in [1.29, 1.82) is 0 Å². The Morgan fingerprint density at radius 2 is 1.88 bits per heavy atom. The topological polar surface area (TPSA) is 98.5 Å². The molecule has 128 valence electrons. The summed E-state index contributed by atoms with van der Waals surface area (Å²) < 4.78 is 44.1. The Morgan fingerprint density at radius 1 is 1.21 bits per heavy atom. The maximum atomic E-state index is 12.7. The minimum Gasteiger partial charge on any atom is -0.492 e.